The van der Waals surface area contributed by atoms with Gasteiger partial charge in [0.25, 0.3) is 0 Å². The molecule has 0 saturated heterocycles. The van der Waals surface area contributed by atoms with Crippen molar-refractivity contribution >= 4 is 27.5 Å². The predicted octanol–water partition coefficient (Wildman–Crippen LogP) is 5.17. The molecule has 3 heteroatoms. The van der Waals surface area contributed by atoms with Crippen LogP contribution >= 0.6 is 27.5 Å². The van der Waals surface area contributed by atoms with E-state index in [9.17, 15) is 0 Å². The van der Waals surface area contributed by atoms with Crippen LogP contribution in [0.1, 0.15) is 29.5 Å². The van der Waals surface area contributed by atoms with Crippen molar-refractivity contribution in [3.63, 3.8) is 0 Å². The minimum absolute atomic E-state index is 0.341. The number of benzene rings is 2. The Balaban J connectivity index is 1.84. The Labute approximate surface area is 133 Å². The van der Waals surface area contributed by atoms with Gasteiger partial charge in [-0.3, -0.25) is 0 Å². The van der Waals surface area contributed by atoms with E-state index >= 15 is 0 Å². The first-order valence-corrected chi connectivity index (χ1v) is 8.05. The summed E-state index contributed by atoms with van der Waals surface area (Å²) < 4.78 is 1.12. The van der Waals surface area contributed by atoms with E-state index in [0.717, 1.165) is 9.50 Å². The summed E-state index contributed by atoms with van der Waals surface area (Å²) >= 11 is 9.79. The van der Waals surface area contributed by atoms with E-state index in [1.165, 1.54) is 17.5 Å². The van der Waals surface area contributed by atoms with E-state index < -0.39 is 0 Å². The van der Waals surface area contributed by atoms with Gasteiger partial charge in [-0.25, -0.2) is 0 Å². The molecular weight excluding hydrogens is 334 g/mol. The van der Waals surface area contributed by atoms with Gasteiger partial charge in [-0.15, -0.1) is 0 Å². The summed E-state index contributed by atoms with van der Waals surface area (Å²) in [5.74, 6) is 1.29. The number of hydrogen-bond donors (Lipinski definition) is 1. The molecule has 1 fully saturated rings. The molecule has 104 valence electrons. The lowest BCUT2D eigenvalue weighted by Crippen LogP contribution is -2.19. The molecule has 0 heterocycles. The molecule has 0 aliphatic heterocycles. The largest absolute Gasteiger partial charge is 0.313 e. The van der Waals surface area contributed by atoms with Crippen LogP contribution in [-0.2, 0) is 0 Å². The SMILES string of the molecule is CNC(c1cc(Cl)ccc1Br)C1CC1c1ccccc1. The van der Waals surface area contributed by atoms with Gasteiger partial charge in [-0.1, -0.05) is 57.9 Å². The van der Waals surface area contributed by atoms with E-state index in [1.807, 2.05) is 19.2 Å². The van der Waals surface area contributed by atoms with Crippen LogP contribution in [0.25, 0.3) is 0 Å². The second-order valence-corrected chi connectivity index (χ2v) is 6.64. The van der Waals surface area contributed by atoms with E-state index in [0.29, 0.717) is 17.9 Å². The van der Waals surface area contributed by atoms with Gasteiger partial charge in [0, 0.05) is 15.5 Å². The first-order chi connectivity index (χ1) is 9.70. The second kappa shape index (κ2) is 5.88. The lowest BCUT2D eigenvalue weighted by molar-refractivity contribution is 0.516. The fraction of sp³-hybridized carbons (Fsp3) is 0.294. The molecule has 3 unspecified atom stereocenters. The van der Waals surface area contributed by atoms with Crippen LogP contribution in [0.5, 0.6) is 0 Å². The molecule has 0 radical (unpaired) electrons. The van der Waals surface area contributed by atoms with Crippen LogP contribution in [0.4, 0.5) is 0 Å². The second-order valence-electron chi connectivity index (χ2n) is 5.35. The van der Waals surface area contributed by atoms with Gasteiger partial charge in [-0.2, -0.15) is 0 Å². The molecule has 2 aromatic carbocycles. The molecular formula is C17H17BrClN. The van der Waals surface area contributed by atoms with Crippen LogP contribution < -0.4 is 5.32 Å². The zero-order valence-electron chi connectivity index (χ0n) is 11.3. The fourth-order valence-corrected chi connectivity index (χ4v) is 3.69. The Morgan fingerprint density at radius 3 is 2.65 bits per heavy atom. The van der Waals surface area contributed by atoms with E-state index in [1.54, 1.807) is 0 Å². The van der Waals surface area contributed by atoms with Gasteiger partial charge in [0.15, 0.2) is 0 Å². The monoisotopic (exact) mass is 349 g/mol. The third-order valence-corrected chi connectivity index (χ3v) is 5.06. The minimum atomic E-state index is 0.341. The molecule has 1 saturated carbocycles. The van der Waals surface area contributed by atoms with Gasteiger partial charge >= 0.3 is 0 Å². The zero-order valence-corrected chi connectivity index (χ0v) is 13.7. The van der Waals surface area contributed by atoms with Crippen molar-refractivity contribution in [3.05, 3.63) is 69.2 Å². The Bertz CT molecular complexity index is 599. The lowest BCUT2D eigenvalue weighted by atomic mass is 9.99. The summed E-state index contributed by atoms with van der Waals surface area (Å²) in [6.45, 7) is 0. The van der Waals surface area contributed by atoms with Crippen molar-refractivity contribution < 1.29 is 0 Å². The van der Waals surface area contributed by atoms with Crippen LogP contribution in [0.15, 0.2) is 53.0 Å². The van der Waals surface area contributed by atoms with Gasteiger partial charge < -0.3 is 5.32 Å². The highest BCUT2D eigenvalue weighted by atomic mass is 79.9. The van der Waals surface area contributed by atoms with E-state index in [2.05, 4.69) is 57.6 Å². The topological polar surface area (TPSA) is 12.0 Å². The average molecular weight is 351 g/mol. The van der Waals surface area contributed by atoms with Crippen molar-refractivity contribution in [3.8, 4) is 0 Å². The average Bonchev–Trinajstić information content (AvgIpc) is 3.25. The van der Waals surface area contributed by atoms with Crippen molar-refractivity contribution in [1.82, 2.24) is 5.32 Å². The van der Waals surface area contributed by atoms with Crippen molar-refractivity contribution in [2.24, 2.45) is 5.92 Å². The molecule has 1 N–H and O–H groups in total. The van der Waals surface area contributed by atoms with E-state index in [4.69, 9.17) is 11.6 Å². The number of rotatable bonds is 4. The number of hydrogen-bond acceptors (Lipinski definition) is 1. The van der Waals surface area contributed by atoms with Gasteiger partial charge in [0.2, 0.25) is 0 Å². The predicted molar refractivity (Wildman–Crippen MR) is 88.2 cm³/mol. The van der Waals surface area contributed by atoms with Gasteiger partial charge in [0.1, 0.15) is 0 Å². The molecule has 1 aliphatic rings. The minimum Gasteiger partial charge on any atom is -0.313 e. The van der Waals surface area contributed by atoms with Gasteiger partial charge in [0.05, 0.1) is 0 Å². The van der Waals surface area contributed by atoms with E-state index in [-0.39, 0.29) is 0 Å². The molecule has 0 aromatic heterocycles. The molecule has 0 spiro atoms. The first-order valence-electron chi connectivity index (χ1n) is 6.88. The number of nitrogens with one attached hydrogen (secondary N) is 1. The lowest BCUT2D eigenvalue weighted by Gasteiger charge is -2.19. The van der Waals surface area contributed by atoms with Crippen LogP contribution in [0, 0.1) is 5.92 Å². The molecule has 0 amide bonds. The van der Waals surface area contributed by atoms with Crippen molar-refractivity contribution in [1.29, 1.82) is 0 Å². The van der Waals surface area contributed by atoms with Crippen molar-refractivity contribution in [2.75, 3.05) is 7.05 Å². The Morgan fingerprint density at radius 1 is 1.20 bits per heavy atom. The Kier molecular flexibility index (Phi) is 4.16. The summed E-state index contributed by atoms with van der Waals surface area (Å²) in [6, 6.07) is 17.1. The maximum Gasteiger partial charge on any atom is 0.0410 e. The normalized spacial score (nSPS) is 22.6. The molecule has 20 heavy (non-hydrogen) atoms. The molecule has 2 aromatic rings. The highest BCUT2D eigenvalue weighted by molar-refractivity contribution is 9.10. The standard InChI is InChI=1S/C17H17BrClN/c1-20-17(15-9-12(19)7-8-16(15)18)14-10-13(14)11-5-3-2-4-6-11/h2-9,13-14,17,20H,10H2,1H3. The Hall–Kier alpha value is -0.830. The molecule has 1 nitrogen and oxygen atoms in total. The quantitative estimate of drug-likeness (QED) is 0.802. The fourth-order valence-electron chi connectivity index (χ4n) is 3.02. The maximum atomic E-state index is 6.15. The first kappa shape index (κ1) is 14.1. The molecule has 3 atom stereocenters. The summed E-state index contributed by atoms with van der Waals surface area (Å²) in [5.41, 5.74) is 2.69. The molecule has 3 rings (SSSR count). The summed E-state index contributed by atoms with van der Waals surface area (Å²) in [6.07, 6.45) is 1.23. The third-order valence-electron chi connectivity index (χ3n) is 4.10. The zero-order chi connectivity index (χ0) is 14.1. The highest BCUT2D eigenvalue weighted by Crippen LogP contribution is 2.54. The smallest absolute Gasteiger partial charge is 0.0410 e. The summed E-state index contributed by atoms with van der Waals surface area (Å²) in [7, 11) is 2.03. The Morgan fingerprint density at radius 2 is 1.95 bits per heavy atom. The summed E-state index contributed by atoms with van der Waals surface area (Å²) in [4.78, 5) is 0. The number of halogens is 2. The van der Waals surface area contributed by atoms with Crippen LogP contribution in [0.3, 0.4) is 0 Å². The van der Waals surface area contributed by atoms with Crippen molar-refractivity contribution in [2.45, 2.75) is 18.4 Å². The highest BCUT2D eigenvalue weighted by Gasteiger charge is 2.44. The third kappa shape index (κ3) is 2.78. The van der Waals surface area contributed by atoms with Crippen LogP contribution in [-0.4, -0.2) is 7.05 Å². The van der Waals surface area contributed by atoms with Gasteiger partial charge in [-0.05, 0) is 54.6 Å². The van der Waals surface area contributed by atoms with Crippen LogP contribution in [0.2, 0.25) is 5.02 Å². The molecule has 0 bridgehead atoms. The maximum absolute atomic E-state index is 6.15. The summed E-state index contributed by atoms with van der Waals surface area (Å²) in [5, 5.41) is 4.25. The molecule has 1 aliphatic carbocycles.